The molecule has 0 aliphatic carbocycles. The molecule has 0 unspecified atom stereocenters. The van der Waals surface area contributed by atoms with Gasteiger partial charge in [-0.2, -0.15) is 0 Å². The van der Waals surface area contributed by atoms with Gasteiger partial charge in [0.15, 0.2) is 0 Å². The molecule has 16 heavy (non-hydrogen) atoms. The first-order chi connectivity index (χ1) is 7.40. The number of carboxylic acids is 1. The van der Waals surface area contributed by atoms with E-state index in [4.69, 9.17) is 10.8 Å². The van der Waals surface area contributed by atoms with E-state index in [9.17, 15) is 9.59 Å². The van der Waals surface area contributed by atoms with Crippen molar-refractivity contribution in [3.63, 3.8) is 0 Å². The van der Waals surface area contributed by atoms with Gasteiger partial charge in [-0.15, -0.1) is 0 Å². The van der Waals surface area contributed by atoms with Crippen molar-refractivity contribution in [1.29, 1.82) is 0 Å². The van der Waals surface area contributed by atoms with Crippen molar-refractivity contribution in [2.24, 2.45) is 5.92 Å². The number of hydrogen-bond donors (Lipinski definition) is 3. The number of nitrogen functional groups attached to an aromatic ring is 1. The Balaban J connectivity index is 3.07. The third-order valence-electron chi connectivity index (χ3n) is 2.03. The number of rotatable bonds is 4. The van der Waals surface area contributed by atoms with Gasteiger partial charge in [0.2, 0.25) is 0 Å². The van der Waals surface area contributed by atoms with Crippen LogP contribution in [-0.2, 0) is 17.6 Å². The highest BCUT2D eigenvalue weighted by atomic mass is 16.4. The lowest BCUT2D eigenvalue weighted by molar-refractivity contribution is -0.136. The van der Waals surface area contributed by atoms with Crippen LogP contribution in [0.25, 0.3) is 0 Å². The average molecular weight is 225 g/mol. The molecule has 1 rings (SSSR count). The van der Waals surface area contributed by atoms with Gasteiger partial charge in [0.05, 0.1) is 12.0 Å². The molecule has 6 nitrogen and oxygen atoms in total. The van der Waals surface area contributed by atoms with Crippen molar-refractivity contribution in [1.82, 2.24) is 9.97 Å². The minimum atomic E-state index is -1.10. The molecule has 88 valence electrons. The Morgan fingerprint density at radius 2 is 2.19 bits per heavy atom. The van der Waals surface area contributed by atoms with Gasteiger partial charge in [-0.3, -0.25) is 9.59 Å². The van der Waals surface area contributed by atoms with E-state index in [1.54, 1.807) is 0 Å². The van der Waals surface area contributed by atoms with Crippen LogP contribution in [0.3, 0.4) is 0 Å². The minimum Gasteiger partial charge on any atom is -0.481 e. The number of aromatic amines is 1. The fourth-order valence-corrected chi connectivity index (χ4v) is 1.37. The van der Waals surface area contributed by atoms with Crippen molar-refractivity contribution in [3.8, 4) is 0 Å². The van der Waals surface area contributed by atoms with Crippen LogP contribution in [0.4, 0.5) is 5.82 Å². The third kappa shape index (κ3) is 3.08. The molecule has 0 aromatic carbocycles. The lowest BCUT2D eigenvalue weighted by Gasteiger charge is -2.07. The van der Waals surface area contributed by atoms with Gasteiger partial charge in [-0.25, -0.2) is 4.98 Å². The number of aromatic nitrogens is 2. The molecular formula is C10H15N3O3. The van der Waals surface area contributed by atoms with Gasteiger partial charge >= 0.3 is 5.97 Å². The molecule has 0 amide bonds. The highest BCUT2D eigenvalue weighted by Crippen LogP contribution is 2.07. The molecule has 6 heteroatoms. The highest BCUT2D eigenvalue weighted by molar-refractivity contribution is 5.71. The normalized spacial score (nSPS) is 10.7. The largest absolute Gasteiger partial charge is 0.481 e. The van der Waals surface area contributed by atoms with Gasteiger partial charge < -0.3 is 15.8 Å². The van der Waals surface area contributed by atoms with Gasteiger partial charge in [-0.1, -0.05) is 13.8 Å². The number of carbonyl (C=O) groups is 1. The molecule has 1 aromatic rings. The summed E-state index contributed by atoms with van der Waals surface area (Å²) >= 11 is 0. The lowest BCUT2D eigenvalue weighted by atomic mass is 10.1. The van der Waals surface area contributed by atoms with Crippen LogP contribution in [0.1, 0.15) is 25.2 Å². The van der Waals surface area contributed by atoms with Crippen LogP contribution >= 0.6 is 0 Å². The van der Waals surface area contributed by atoms with Crippen LogP contribution in [0, 0.1) is 5.92 Å². The number of nitrogens with one attached hydrogen (secondary N) is 1. The predicted octanol–water partition coefficient (Wildman–Crippen LogP) is 0.178. The van der Waals surface area contributed by atoms with Crippen LogP contribution in [-0.4, -0.2) is 21.0 Å². The van der Waals surface area contributed by atoms with Gasteiger partial charge in [0, 0.05) is 6.42 Å². The van der Waals surface area contributed by atoms with Crippen molar-refractivity contribution in [2.45, 2.75) is 26.7 Å². The molecular weight excluding hydrogens is 210 g/mol. The van der Waals surface area contributed by atoms with Crippen molar-refractivity contribution >= 4 is 11.8 Å². The highest BCUT2D eigenvalue weighted by Gasteiger charge is 2.12. The number of H-pyrrole nitrogens is 1. The Hall–Kier alpha value is -1.85. The van der Waals surface area contributed by atoms with E-state index in [-0.39, 0.29) is 11.4 Å². The van der Waals surface area contributed by atoms with Crippen LogP contribution < -0.4 is 11.3 Å². The maximum absolute atomic E-state index is 11.5. The monoisotopic (exact) mass is 225 g/mol. The Morgan fingerprint density at radius 3 is 2.62 bits per heavy atom. The molecule has 0 radical (unpaired) electrons. The number of aliphatic carboxylic acids is 1. The molecule has 0 bridgehead atoms. The quantitative estimate of drug-likeness (QED) is 0.677. The Labute approximate surface area is 92.5 Å². The van der Waals surface area contributed by atoms with Crippen LogP contribution in [0.5, 0.6) is 0 Å². The van der Waals surface area contributed by atoms with Crippen LogP contribution in [0.15, 0.2) is 4.79 Å². The molecule has 0 atom stereocenters. The van der Waals surface area contributed by atoms with Gasteiger partial charge in [-0.05, 0) is 5.92 Å². The SMILES string of the molecule is CC(C)Cc1nc(N)c(CC(=O)O)c(=O)[nH]1. The molecule has 0 saturated carbocycles. The summed E-state index contributed by atoms with van der Waals surface area (Å²) in [6, 6.07) is 0. The fourth-order valence-electron chi connectivity index (χ4n) is 1.37. The van der Waals surface area contributed by atoms with Gasteiger partial charge in [0.25, 0.3) is 5.56 Å². The Bertz CT molecular complexity index is 451. The van der Waals surface area contributed by atoms with Crippen molar-refractivity contribution in [3.05, 3.63) is 21.7 Å². The van der Waals surface area contributed by atoms with E-state index < -0.39 is 17.9 Å². The topological polar surface area (TPSA) is 109 Å². The molecule has 0 spiro atoms. The summed E-state index contributed by atoms with van der Waals surface area (Å²) in [5.41, 5.74) is 5.10. The summed E-state index contributed by atoms with van der Waals surface area (Å²) in [6.07, 6.45) is 0.197. The van der Waals surface area contributed by atoms with E-state index in [1.807, 2.05) is 13.8 Å². The molecule has 1 aromatic heterocycles. The first-order valence-electron chi connectivity index (χ1n) is 4.99. The zero-order valence-electron chi connectivity index (χ0n) is 9.28. The summed E-state index contributed by atoms with van der Waals surface area (Å²) in [5.74, 6) is -0.267. The second-order valence-electron chi connectivity index (χ2n) is 4.04. The summed E-state index contributed by atoms with van der Waals surface area (Å²) < 4.78 is 0. The maximum Gasteiger partial charge on any atom is 0.308 e. The first kappa shape index (κ1) is 12.2. The van der Waals surface area contributed by atoms with E-state index in [0.29, 0.717) is 18.2 Å². The van der Waals surface area contributed by atoms with Gasteiger partial charge in [0.1, 0.15) is 11.6 Å². The van der Waals surface area contributed by atoms with Crippen molar-refractivity contribution in [2.75, 3.05) is 5.73 Å². The third-order valence-corrected chi connectivity index (χ3v) is 2.03. The number of hydrogen-bond acceptors (Lipinski definition) is 4. The molecule has 0 saturated heterocycles. The number of carboxylic acid groups (broad SMARTS) is 1. The lowest BCUT2D eigenvalue weighted by Crippen LogP contribution is -2.22. The molecule has 4 N–H and O–H groups in total. The minimum absolute atomic E-state index is 0.00167. The van der Waals surface area contributed by atoms with E-state index >= 15 is 0 Å². The van der Waals surface area contributed by atoms with Crippen LogP contribution in [0.2, 0.25) is 0 Å². The molecule has 1 heterocycles. The van der Waals surface area contributed by atoms with E-state index in [2.05, 4.69) is 9.97 Å². The molecule has 0 fully saturated rings. The second kappa shape index (κ2) is 4.78. The summed E-state index contributed by atoms with van der Waals surface area (Å²) in [7, 11) is 0. The first-order valence-corrected chi connectivity index (χ1v) is 4.99. The number of anilines is 1. The second-order valence-corrected chi connectivity index (χ2v) is 4.04. The Morgan fingerprint density at radius 1 is 1.56 bits per heavy atom. The van der Waals surface area contributed by atoms with E-state index in [0.717, 1.165) is 0 Å². The van der Waals surface area contributed by atoms with E-state index in [1.165, 1.54) is 0 Å². The summed E-state index contributed by atoms with van der Waals surface area (Å²) in [6.45, 7) is 3.97. The zero-order valence-corrected chi connectivity index (χ0v) is 9.28. The average Bonchev–Trinajstić information content (AvgIpc) is 2.10. The standard InChI is InChI=1S/C10H15N3O3/c1-5(2)3-7-12-9(11)6(4-8(14)15)10(16)13-7/h5H,3-4H2,1-2H3,(H,14,15)(H3,11,12,13,16). The Kier molecular flexibility index (Phi) is 3.65. The van der Waals surface area contributed by atoms with Crippen molar-refractivity contribution < 1.29 is 9.90 Å². The maximum atomic E-state index is 11.5. The number of nitrogens with zero attached hydrogens (tertiary/aromatic N) is 1. The fraction of sp³-hybridized carbons (Fsp3) is 0.500. The predicted molar refractivity (Wildman–Crippen MR) is 59.2 cm³/mol. The summed E-state index contributed by atoms with van der Waals surface area (Å²) in [5, 5.41) is 8.59. The summed E-state index contributed by atoms with van der Waals surface area (Å²) in [4.78, 5) is 28.6. The molecule has 0 aliphatic heterocycles. The number of nitrogens with two attached hydrogens (primary N) is 1. The zero-order chi connectivity index (χ0) is 12.3. The molecule has 0 aliphatic rings. The smallest absolute Gasteiger partial charge is 0.308 e.